The van der Waals surface area contributed by atoms with E-state index in [4.69, 9.17) is 4.98 Å². The topological polar surface area (TPSA) is 21.1 Å². The van der Waals surface area contributed by atoms with Gasteiger partial charge < -0.3 is 9.47 Å². The number of hydrogen-bond acceptors (Lipinski definition) is 2. The van der Waals surface area contributed by atoms with Gasteiger partial charge in [-0.05, 0) is 73.4 Å². The maximum absolute atomic E-state index is 13.4. The van der Waals surface area contributed by atoms with E-state index in [1.807, 2.05) is 18.2 Å². The third-order valence-corrected chi connectivity index (χ3v) is 6.89. The standard InChI is InChI=1S/C30H36F3N3/c1-3-5-17-35(18-6-4-2)19-10-20-36-28-16-15-25(30(31,32)33)22-27(28)34-29(36)21-24-13-9-12-23-11-7-8-14-26(23)24/h7-9,11-16,22H,3-6,10,17-21H2,1-2H3. The average molecular weight is 496 g/mol. The molecule has 0 fully saturated rings. The zero-order valence-corrected chi connectivity index (χ0v) is 21.3. The van der Waals surface area contributed by atoms with Crippen molar-refractivity contribution >= 4 is 21.8 Å². The predicted octanol–water partition coefficient (Wildman–Crippen LogP) is 8.09. The Hall–Kier alpha value is -2.86. The van der Waals surface area contributed by atoms with Gasteiger partial charge in [0, 0.05) is 13.0 Å². The van der Waals surface area contributed by atoms with Gasteiger partial charge in [0.05, 0.1) is 16.6 Å². The summed E-state index contributed by atoms with van der Waals surface area (Å²) in [4.78, 5) is 7.26. The first-order valence-corrected chi connectivity index (χ1v) is 13.2. The fourth-order valence-electron chi connectivity index (χ4n) is 4.91. The van der Waals surface area contributed by atoms with Crippen molar-refractivity contribution in [2.75, 3.05) is 19.6 Å². The van der Waals surface area contributed by atoms with Crippen molar-refractivity contribution in [2.45, 2.75) is 65.1 Å². The van der Waals surface area contributed by atoms with Gasteiger partial charge in [-0.2, -0.15) is 13.2 Å². The van der Waals surface area contributed by atoms with Crippen molar-refractivity contribution in [2.24, 2.45) is 0 Å². The first-order valence-electron chi connectivity index (χ1n) is 13.2. The number of aryl methyl sites for hydroxylation is 1. The molecule has 0 spiro atoms. The first-order chi connectivity index (χ1) is 17.4. The molecule has 0 bridgehead atoms. The minimum Gasteiger partial charge on any atom is -0.328 e. The molecule has 1 aromatic heterocycles. The van der Waals surface area contributed by atoms with Gasteiger partial charge in [-0.1, -0.05) is 69.2 Å². The normalized spacial score (nSPS) is 12.3. The lowest BCUT2D eigenvalue weighted by Crippen LogP contribution is -2.28. The number of nitrogens with zero attached hydrogens (tertiary/aromatic N) is 3. The van der Waals surface area contributed by atoms with Crippen molar-refractivity contribution in [1.82, 2.24) is 14.5 Å². The van der Waals surface area contributed by atoms with E-state index in [9.17, 15) is 13.2 Å². The molecule has 0 aliphatic heterocycles. The molecule has 0 atom stereocenters. The highest BCUT2D eigenvalue weighted by Gasteiger charge is 2.31. The van der Waals surface area contributed by atoms with E-state index in [0.717, 1.165) is 60.3 Å². The highest BCUT2D eigenvalue weighted by molar-refractivity contribution is 5.86. The quantitative estimate of drug-likeness (QED) is 0.198. The van der Waals surface area contributed by atoms with E-state index in [-0.39, 0.29) is 0 Å². The molecule has 6 heteroatoms. The van der Waals surface area contributed by atoms with Gasteiger partial charge in [0.25, 0.3) is 0 Å². The lowest BCUT2D eigenvalue weighted by Gasteiger charge is -2.22. The average Bonchev–Trinajstić information content (AvgIpc) is 3.21. The molecule has 3 aromatic carbocycles. The van der Waals surface area contributed by atoms with Gasteiger partial charge in [-0.3, -0.25) is 0 Å². The number of hydrogen-bond donors (Lipinski definition) is 0. The summed E-state index contributed by atoms with van der Waals surface area (Å²) in [6.07, 6.45) is 1.84. The van der Waals surface area contributed by atoms with Crippen LogP contribution in [-0.2, 0) is 19.1 Å². The molecule has 3 nitrogen and oxygen atoms in total. The third-order valence-electron chi connectivity index (χ3n) is 6.89. The summed E-state index contributed by atoms with van der Waals surface area (Å²) >= 11 is 0. The van der Waals surface area contributed by atoms with Gasteiger partial charge in [0.15, 0.2) is 0 Å². The SMILES string of the molecule is CCCCN(CCCC)CCCn1c(Cc2cccc3ccccc23)nc2cc(C(F)(F)F)ccc21. The van der Waals surface area contributed by atoms with Gasteiger partial charge in [0.1, 0.15) is 5.82 Å². The third kappa shape index (κ3) is 6.28. The predicted molar refractivity (Wildman–Crippen MR) is 142 cm³/mol. The second-order valence-corrected chi connectivity index (χ2v) is 9.60. The molecule has 0 aliphatic carbocycles. The largest absolute Gasteiger partial charge is 0.416 e. The summed E-state index contributed by atoms with van der Waals surface area (Å²) in [6.45, 7) is 8.33. The molecule has 0 saturated heterocycles. The van der Waals surface area contributed by atoms with Crippen molar-refractivity contribution in [3.05, 3.63) is 77.6 Å². The second-order valence-electron chi connectivity index (χ2n) is 9.60. The Morgan fingerprint density at radius 2 is 1.53 bits per heavy atom. The Morgan fingerprint density at radius 3 is 2.25 bits per heavy atom. The molecule has 0 aliphatic rings. The monoisotopic (exact) mass is 495 g/mol. The fraction of sp³-hybridized carbons (Fsp3) is 0.433. The first kappa shape index (κ1) is 26.2. The van der Waals surface area contributed by atoms with Crippen molar-refractivity contribution < 1.29 is 13.2 Å². The summed E-state index contributed by atoms with van der Waals surface area (Å²) in [7, 11) is 0. The number of halogens is 3. The van der Waals surface area contributed by atoms with Crippen LogP contribution in [0.25, 0.3) is 21.8 Å². The molecular weight excluding hydrogens is 459 g/mol. The van der Waals surface area contributed by atoms with Crippen LogP contribution in [-0.4, -0.2) is 34.1 Å². The fourth-order valence-corrected chi connectivity index (χ4v) is 4.91. The maximum Gasteiger partial charge on any atom is 0.416 e. The van der Waals surface area contributed by atoms with Crippen LogP contribution in [0.15, 0.2) is 60.7 Å². The lowest BCUT2D eigenvalue weighted by atomic mass is 10.0. The number of alkyl halides is 3. The van der Waals surface area contributed by atoms with Crippen molar-refractivity contribution in [3.8, 4) is 0 Å². The van der Waals surface area contributed by atoms with Gasteiger partial charge in [-0.25, -0.2) is 4.98 Å². The van der Waals surface area contributed by atoms with Crippen LogP contribution in [0.4, 0.5) is 13.2 Å². The minimum absolute atomic E-state index is 0.411. The van der Waals surface area contributed by atoms with Crippen molar-refractivity contribution in [3.63, 3.8) is 0 Å². The number of aromatic nitrogens is 2. The zero-order chi connectivity index (χ0) is 25.5. The van der Waals surface area contributed by atoms with Crippen molar-refractivity contribution in [1.29, 1.82) is 0 Å². The molecule has 0 N–H and O–H groups in total. The van der Waals surface area contributed by atoms with Gasteiger partial charge >= 0.3 is 6.18 Å². The molecule has 0 saturated carbocycles. The van der Waals surface area contributed by atoms with E-state index < -0.39 is 11.7 Å². The Morgan fingerprint density at radius 1 is 0.833 bits per heavy atom. The van der Waals surface area contributed by atoms with E-state index in [1.165, 1.54) is 37.8 Å². The molecule has 0 amide bonds. The van der Waals surface area contributed by atoms with E-state index in [2.05, 4.69) is 47.6 Å². The molecule has 4 rings (SSSR count). The van der Waals surface area contributed by atoms with Crippen LogP contribution in [0.5, 0.6) is 0 Å². The Bertz CT molecular complexity index is 1260. The second kappa shape index (κ2) is 11.9. The van der Waals surface area contributed by atoms with Gasteiger partial charge in [-0.15, -0.1) is 0 Å². The van der Waals surface area contributed by atoms with Gasteiger partial charge in [0.2, 0.25) is 0 Å². The molecule has 4 aromatic rings. The minimum atomic E-state index is -4.38. The lowest BCUT2D eigenvalue weighted by molar-refractivity contribution is -0.137. The summed E-state index contributed by atoms with van der Waals surface area (Å²) in [5.41, 5.74) is 1.66. The number of benzene rings is 3. The van der Waals surface area contributed by atoms with Crippen LogP contribution in [0, 0.1) is 0 Å². The van der Waals surface area contributed by atoms with Crippen LogP contribution >= 0.6 is 0 Å². The summed E-state index contributed by atoms with van der Waals surface area (Å²) < 4.78 is 42.3. The van der Waals surface area contributed by atoms with Crippen LogP contribution in [0.3, 0.4) is 0 Å². The number of rotatable bonds is 12. The van der Waals surface area contributed by atoms with Crippen LogP contribution < -0.4 is 0 Å². The summed E-state index contributed by atoms with van der Waals surface area (Å²) in [6, 6.07) is 18.4. The van der Waals surface area contributed by atoms with E-state index >= 15 is 0 Å². The van der Waals surface area contributed by atoms with E-state index in [0.29, 0.717) is 11.9 Å². The molecular formula is C30H36F3N3. The maximum atomic E-state index is 13.4. The van der Waals surface area contributed by atoms with Crippen LogP contribution in [0.1, 0.15) is 62.9 Å². The summed E-state index contributed by atoms with van der Waals surface area (Å²) in [5.74, 6) is 0.814. The smallest absolute Gasteiger partial charge is 0.328 e. The Kier molecular flexibility index (Phi) is 8.68. The Balaban J connectivity index is 1.64. The highest BCUT2D eigenvalue weighted by Crippen LogP contribution is 2.32. The highest BCUT2D eigenvalue weighted by atomic mass is 19.4. The molecule has 0 unspecified atom stereocenters. The number of fused-ring (bicyclic) bond motifs is 2. The number of unbranched alkanes of at least 4 members (excludes halogenated alkanes) is 2. The van der Waals surface area contributed by atoms with Crippen LogP contribution in [0.2, 0.25) is 0 Å². The molecule has 36 heavy (non-hydrogen) atoms. The number of imidazole rings is 1. The summed E-state index contributed by atoms with van der Waals surface area (Å²) in [5, 5.41) is 2.31. The molecule has 0 radical (unpaired) electrons. The zero-order valence-electron chi connectivity index (χ0n) is 21.3. The van der Waals surface area contributed by atoms with E-state index in [1.54, 1.807) is 6.07 Å². The Labute approximate surface area is 211 Å². The molecule has 192 valence electrons. The molecule has 1 heterocycles.